The molecule has 10 nitrogen and oxygen atoms in total. The first-order valence-corrected chi connectivity index (χ1v) is 7.71. The van der Waals surface area contributed by atoms with Gasteiger partial charge in [-0.15, -0.1) is 0 Å². The molecule has 5 N–H and O–H groups in total. The zero-order chi connectivity index (χ0) is 20.5. The smallest absolute Gasteiger partial charge is 0.419 e. The predicted molar refractivity (Wildman–Crippen MR) is 90.2 cm³/mol. The molecule has 2 aromatic heterocycles. The minimum absolute atomic E-state index is 0.149. The first-order valence-electron chi connectivity index (χ1n) is 7.71. The summed E-state index contributed by atoms with van der Waals surface area (Å²) in [7, 11) is 0. The number of carbonyl (C=O) groups is 1. The van der Waals surface area contributed by atoms with Crippen molar-refractivity contribution < 1.29 is 27.4 Å². The van der Waals surface area contributed by atoms with Crippen LogP contribution in [0, 0.1) is 5.82 Å². The number of alkyl halides is 2. The third-order valence-corrected chi connectivity index (χ3v) is 3.87. The third-order valence-electron chi connectivity index (χ3n) is 3.87. The molecule has 3 heterocycles. The summed E-state index contributed by atoms with van der Waals surface area (Å²) >= 11 is 0. The van der Waals surface area contributed by atoms with E-state index in [1.165, 1.54) is 12.4 Å². The Bertz CT molecular complexity index is 956. The Kier molecular flexibility index (Phi) is 4.66. The molecule has 1 atom stereocenters. The average molecular weight is 397 g/mol. The van der Waals surface area contributed by atoms with E-state index in [-0.39, 0.29) is 17.5 Å². The van der Waals surface area contributed by atoms with Crippen LogP contribution in [0.2, 0.25) is 0 Å². The van der Waals surface area contributed by atoms with Crippen LogP contribution in [0.25, 0.3) is 0 Å². The molecule has 13 heteroatoms. The Morgan fingerprint density at radius 1 is 1.29 bits per heavy atom. The largest absolute Gasteiger partial charge is 0.459 e. The molecule has 0 bridgehead atoms. The second-order valence-corrected chi connectivity index (χ2v) is 5.80. The number of nitrogens with two attached hydrogens (primary N) is 2. The number of amidine groups is 1. The number of anilines is 2. The Balaban J connectivity index is 1.89. The van der Waals surface area contributed by atoms with Crippen molar-refractivity contribution in [2.75, 3.05) is 17.7 Å². The Morgan fingerprint density at radius 2 is 2.00 bits per heavy atom. The van der Waals surface area contributed by atoms with Gasteiger partial charge in [0.15, 0.2) is 18.0 Å². The number of aliphatic imine (C=N–C) groups is 1. The van der Waals surface area contributed by atoms with Gasteiger partial charge in [-0.25, -0.2) is 29.1 Å². The number of nitrogens with one attached hydrogen (secondary N) is 1. The van der Waals surface area contributed by atoms with Gasteiger partial charge in [-0.05, 0) is 19.1 Å². The van der Waals surface area contributed by atoms with Crippen molar-refractivity contribution in [2.45, 2.75) is 18.4 Å². The highest BCUT2D eigenvalue weighted by molar-refractivity contribution is 5.85. The summed E-state index contributed by atoms with van der Waals surface area (Å²) in [6.45, 7) is -0.151. The fraction of sp³-hybridized carbons (Fsp3) is 0.267. The lowest BCUT2D eigenvalue weighted by atomic mass is 9.89. The summed E-state index contributed by atoms with van der Waals surface area (Å²) in [6.07, 6.45) is 1.43. The molecule has 3 rings (SSSR count). The number of aromatic nitrogens is 3. The van der Waals surface area contributed by atoms with Crippen LogP contribution in [-0.4, -0.2) is 39.6 Å². The lowest BCUT2D eigenvalue weighted by Gasteiger charge is -2.36. The van der Waals surface area contributed by atoms with Crippen molar-refractivity contribution in [3.8, 4) is 5.88 Å². The number of ether oxygens (including phenoxy) is 2. The summed E-state index contributed by atoms with van der Waals surface area (Å²) in [5.74, 6) is -5.39. The molecule has 0 spiro atoms. The normalized spacial score (nSPS) is 20.6. The van der Waals surface area contributed by atoms with Crippen LogP contribution in [0.5, 0.6) is 5.88 Å². The predicted octanol–water partition coefficient (Wildman–Crippen LogP) is 1.40. The summed E-state index contributed by atoms with van der Waals surface area (Å²) in [5.41, 5.74) is 7.68. The lowest BCUT2D eigenvalue weighted by Crippen LogP contribution is -2.51. The van der Waals surface area contributed by atoms with E-state index in [0.29, 0.717) is 0 Å². The molecule has 1 aliphatic heterocycles. The van der Waals surface area contributed by atoms with Crippen LogP contribution in [0.15, 0.2) is 29.5 Å². The molecule has 0 unspecified atom stereocenters. The van der Waals surface area contributed by atoms with Gasteiger partial charge in [-0.2, -0.15) is 8.78 Å². The maximum absolute atomic E-state index is 14.4. The summed E-state index contributed by atoms with van der Waals surface area (Å²) in [6, 6.07) is 1.36. The number of amides is 1. The van der Waals surface area contributed by atoms with E-state index in [4.69, 9.17) is 16.2 Å². The molecule has 148 valence electrons. The van der Waals surface area contributed by atoms with Gasteiger partial charge in [0.25, 0.3) is 11.9 Å². The minimum Gasteiger partial charge on any atom is -0.459 e. The molecule has 0 fully saturated rings. The maximum atomic E-state index is 14.4. The Labute approximate surface area is 155 Å². The molecular formula is C15H14F3N7O3. The second kappa shape index (κ2) is 6.83. The third kappa shape index (κ3) is 3.45. The summed E-state index contributed by atoms with van der Waals surface area (Å²) < 4.78 is 52.4. The lowest BCUT2D eigenvalue weighted by molar-refractivity contribution is -0.118. The molecule has 1 aliphatic rings. The molecule has 2 aromatic rings. The van der Waals surface area contributed by atoms with Gasteiger partial charge in [-0.1, -0.05) is 0 Å². The molecule has 0 radical (unpaired) electrons. The van der Waals surface area contributed by atoms with Crippen LogP contribution in [0.1, 0.15) is 12.6 Å². The van der Waals surface area contributed by atoms with Gasteiger partial charge in [0, 0.05) is 12.4 Å². The standard InChI is InChI=1S/C15H14F3N7O3/c1-14(15(17,18)6-27-12(20)25-14)9-7(16)2-3-8(23-9)24-13(26)28-11-10(19)21-4-5-22-11/h2-5H,6H2,1H3,(H2,19,21)(H2,20,25)(H,23,24,26)/t14-/m1/s1. The van der Waals surface area contributed by atoms with E-state index in [1.807, 2.05) is 0 Å². The Hall–Kier alpha value is -3.64. The zero-order valence-electron chi connectivity index (χ0n) is 14.3. The van der Waals surface area contributed by atoms with E-state index in [9.17, 15) is 18.0 Å². The fourth-order valence-electron chi connectivity index (χ4n) is 2.35. The van der Waals surface area contributed by atoms with Crippen LogP contribution in [-0.2, 0) is 10.3 Å². The molecule has 0 aliphatic carbocycles. The first-order chi connectivity index (χ1) is 13.1. The molecular weight excluding hydrogens is 383 g/mol. The van der Waals surface area contributed by atoms with Crippen molar-refractivity contribution >= 4 is 23.8 Å². The van der Waals surface area contributed by atoms with Crippen LogP contribution < -0.4 is 21.5 Å². The van der Waals surface area contributed by atoms with Crippen molar-refractivity contribution in [1.29, 1.82) is 0 Å². The number of pyridine rings is 1. The summed E-state index contributed by atoms with van der Waals surface area (Å²) in [5, 5.41) is 2.16. The number of hydrogen-bond acceptors (Lipinski definition) is 9. The van der Waals surface area contributed by atoms with Crippen molar-refractivity contribution in [3.05, 3.63) is 36.0 Å². The topological polar surface area (TPSA) is 151 Å². The van der Waals surface area contributed by atoms with Crippen molar-refractivity contribution in [2.24, 2.45) is 10.7 Å². The van der Waals surface area contributed by atoms with Crippen LogP contribution in [0.4, 0.5) is 29.6 Å². The second-order valence-electron chi connectivity index (χ2n) is 5.80. The van der Waals surface area contributed by atoms with E-state index < -0.39 is 41.7 Å². The number of hydrogen-bond donors (Lipinski definition) is 3. The SMILES string of the molecule is C[C@]1(c2nc(NC(=O)Oc3nccnc3N)ccc2F)N=C(N)OCC1(F)F. The number of nitrogen functional groups attached to an aromatic ring is 1. The highest BCUT2D eigenvalue weighted by Gasteiger charge is 2.57. The van der Waals surface area contributed by atoms with E-state index in [2.05, 4.69) is 30.0 Å². The van der Waals surface area contributed by atoms with Crippen molar-refractivity contribution in [3.63, 3.8) is 0 Å². The van der Waals surface area contributed by atoms with E-state index in [1.54, 1.807) is 0 Å². The minimum atomic E-state index is -3.61. The van der Waals surface area contributed by atoms with Crippen molar-refractivity contribution in [1.82, 2.24) is 15.0 Å². The van der Waals surface area contributed by atoms with E-state index >= 15 is 0 Å². The molecule has 1 amide bonds. The molecule has 0 saturated heterocycles. The number of nitrogens with zero attached hydrogens (tertiary/aromatic N) is 4. The summed E-state index contributed by atoms with van der Waals surface area (Å²) in [4.78, 5) is 26.6. The van der Waals surface area contributed by atoms with Gasteiger partial charge in [-0.3, -0.25) is 5.32 Å². The van der Waals surface area contributed by atoms with Gasteiger partial charge in [0.05, 0.1) is 0 Å². The van der Waals surface area contributed by atoms with Crippen LogP contribution in [0.3, 0.4) is 0 Å². The van der Waals surface area contributed by atoms with E-state index in [0.717, 1.165) is 19.1 Å². The molecule has 0 saturated carbocycles. The van der Waals surface area contributed by atoms with Crippen LogP contribution >= 0.6 is 0 Å². The quantitative estimate of drug-likeness (QED) is 0.703. The monoisotopic (exact) mass is 397 g/mol. The highest BCUT2D eigenvalue weighted by Crippen LogP contribution is 2.43. The first kappa shape index (κ1) is 19.1. The average Bonchev–Trinajstić information content (AvgIpc) is 2.62. The molecule has 28 heavy (non-hydrogen) atoms. The number of halogens is 3. The van der Waals surface area contributed by atoms with Gasteiger partial charge in [0.1, 0.15) is 17.3 Å². The van der Waals surface area contributed by atoms with Gasteiger partial charge >= 0.3 is 12.0 Å². The van der Waals surface area contributed by atoms with Gasteiger partial charge in [0.2, 0.25) is 0 Å². The number of carbonyl (C=O) groups excluding carboxylic acids is 1. The Morgan fingerprint density at radius 3 is 2.71 bits per heavy atom. The zero-order valence-corrected chi connectivity index (χ0v) is 14.3. The van der Waals surface area contributed by atoms with Gasteiger partial charge < -0.3 is 20.9 Å². The maximum Gasteiger partial charge on any atom is 0.419 e. The molecule has 0 aromatic carbocycles. The number of rotatable bonds is 3. The highest BCUT2D eigenvalue weighted by atomic mass is 19.3. The fourth-order valence-corrected chi connectivity index (χ4v) is 2.35.